The zero-order chi connectivity index (χ0) is 19.3. The Morgan fingerprint density at radius 1 is 1.14 bits per heavy atom. The molecule has 2 aromatic heterocycles. The molecule has 0 spiro atoms. The standard InChI is InChI=1S/C21H17FN4OS/c1-25-11-17-9-14(6-7-19(17)24-25)15-4-5-16(18(22)10-15)12-26-13-20-21(28(26)27)3-2-8-23-20/h2-11H,12-13H2,1H3. The van der Waals surface area contributed by atoms with Gasteiger partial charge < -0.3 is 4.55 Å². The van der Waals surface area contributed by atoms with Crippen molar-refractivity contribution in [2.75, 3.05) is 0 Å². The molecule has 1 aliphatic heterocycles. The molecular formula is C21H17FN4OS. The van der Waals surface area contributed by atoms with Gasteiger partial charge in [-0.25, -0.2) is 4.39 Å². The maximum atomic E-state index is 14.8. The second kappa shape index (κ2) is 6.70. The molecule has 5 rings (SSSR count). The molecule has 0 fully saturated rings. The minimum Gasteiger partial charge on any atom is -0.593 e. The molecule has 4 aromatic rings. The number of fused-ring (bicyclic) bond motifs is 2. The zero-order valence-electron chi connectivity index (χ0n) is 15.2. The molecule has 0 aliphatic carbocycles. The number of benzene rings is 2. The first-order valence-corrected chi connectivity index (χ1v) is 10.0. The van der Waals surface area contributed by atoms with Crippen molar-refractivity contribution >= 4 is 22.3 Å². The van der Waals surface area contributed by atoms with E-state index in [-0.39, 0.29) is 12.4 Å². The van der Waals surface area contributed by atoms with Crippen molar-refractivity contribution in [3.63, 3.8) is 0 Å². The number of hydrogen-bond donors (Lipinski definition) is 0. The second-order valence-electron chi connectivity index (χ2n) is 6.88. The molecule has 1 aliphatic rings. The van der Waals surface area contributed by atoms with Crippen molar-refractivity contribution in [1.29, 1.82) is 0 Å². The van der Waals surface area contributed by atoms with Crippen LogP contribution >= 0.6 is 0 Å². The molecule has 1 atom stereocenters. The first-order chi connectivity index (χ1) is 13.6. The van der Waals surface area contributed by atoms with E-state index < -0.39 is 11.4 Å². The van der Waals surface area contributed by atoms with Gasteiger partial charge in [0.15, 0.2) is 4.90 Å². The van der Waals surface area contributed by atoms with Gasteiger partial charge in [0.25, 0.3) is 0 Å². The molecule has 140 valence electrons. The minimum atomic E-state index is -1.30. The lowest BCUT2D eigenvalue weighted by Gasteiger charge is -2.17. The van der Waals surface area contributed by atoms with Crippen LogP contribution in [-0.2, 0) is 31.5 Å². The molecular weight excluding hydrogens is 375 g/mol. The van der Waals surface area contributed by atoms with Crippen molar-refractivity contribution in [2.24, 2.45) is 7.05 Å². The van der Waals surface area contributed by atoms with E-state index in [1.165, 1.54) is 6.07 Å². The van der Waals surface area contributed by atoms with Crippen molar-refractivity contribution in [2.45, 2.75) is 18.0 Å². The number of nitrogens with zero attached hydrogens (tertiary/aromatic N) is 4. The Morgan fingerprint density at radius 2 is 1.96 bits per heavy atom. The first kappa shape index (κ1) is 17.4. The maximum Gasteiger partial charge on any atom is 0.197 e. The lowest BCUT2D eigenvalue weighted by molar-refractivity contribution is 0.408. The van der Waals surface area contributed by atoms with Gasteiger partial charge in [0, 0.05) is 30.4 Å². The molecule has 28 heavy (non-hydrogen) atoms. The molecule has 0 saturated heterocycles. The molecule has 3 heterocycles. The Labute approximate surface area is 164 Å². The number of halogens is 1. The fourth-order valence-electron chi connectivity index (χ4n) is 3.55. The van der Waals surface area contributed by atoms with E-state index >= 15 is 0 Å². The summed E-state index contributed by atoms with van der Waals surface area (Å²) in [7, 11) is 1.88. The second-order valence-corrected chi connectivity index (χ2v) is 8.33. The van der Waals surface area contributed by atoms with Gasteiger partial charge in [0.2, 0.25) is 0 Å². The average Bonchev–Trinajstić information content (AvgIpc) is 3.22. The van der Waals surface area contributed by atoms with Crippen LogP contribution in [0.2, 0.25) is 0 Å². The van der Waals surface area contributed by atoms with E-state index in [9.17, 15) is 8.94 Å². The highest BCUT2D eigenvalue weighted by molar-refractivity contribution is 7.89. The van der Waals surface area contributed by atoms with Gasteiger partial charge in [-0.15, -0.1) is 4.31 Å². The number of pyridine rings is 1. The first-order valence-electron chi connectivity index (χ1n) is 8.91. The third kappa shape index (κ3) is 2.97. The van der Waals surface area contributed by atoms with Crippen molar-refractivity contribution < 1.29 is 8.94 Å². The minimum absolute atomic E-state index is 0.275. The van der Waals surface area contributed by atoms with Crippen LogP contribution in [0, 0.1) is 5.82 Å². The summed E-state index contributed by atoms with van der Waals surface area (Å²) in [6.45, 7) is 0.734. The van der Waals surface area contributed by atoms with E-state index in [4.69, 9.17) is 0 Å². The lowest BCUT2D eigenvalue weighted by atomic mass is 10.0. The van der Waals surface area contributed by atoms with Crippen LogP contribution in [-0.4, -0.2) is 23.6 Å². The highest BCUT2D eigenvalue weighted by Crippen LogP contribution is 2.31. The van der Waals surface area contributed by atoms with E-state index in [2.05, 4.69) is 10.1 Å². The zero-order valence-corrected chi connectivity index (χ0v) is 16.0. The van der Waals surface area contributed by atoms with Gasteiger partial charge in [-0.3, -0.25) is 9.67 Å². The number of aryl methyl sites for hydroxylation is 1. The Morgan fingerprint density at radius 3 is 2.79 bits per heavy atom. The van der Waals surface area contributed by atoms with Crippen molar-refractivity contribution in [1.82, 2.24) is 19.1 Å². The van der Waals surface area contributed by atoms with Crippen LogP contribution in [0.1, 0.15) is 11.3 Å². The molecule has 0 bridgehead atoms. The number of aromatic nitrogens is 3. The van der Waals surface area contributed by atoms with Crippen LogP contribution in [0.4, 0.5) is 4.39 Å². The monoisotopic (exact) mass is 392 g/mol. The highest BCUT2D eigenvalue weighted by Gasteiger charge is 2.35. The smallest absolute Gasteiger partial charge is 0.197 e. The Balaban J connectivity index is 1.40. The predicted molar refractivity (Wildman–Crippen MR) is 106 cm³/mol. The Kier molecular flexibility index (Phi) is 4.16. The van der Waals surface area contributed by atoms with Gasteiger partial charge in [-0.05, 0) is 41.5 Å². The normalized spacial score (nSPS) is 16.6. The number of hydrogen-bond acceptors (Lipinski definition) is 4. The largest absolute Gasteiger partial charge is 0.593 e. The summed E-state index contributed by atoms with van der Waals surface area (Å²) in [5.41, 5.74) is 3.97. The summed E-state index contributed by atoms with van der Waals surface area (Å²) in [6.07, 6.45) is 3.63. The molecule has 0 radical (unpaired) electrons. The van der Waals surface area contributed by atoms with Gasteiger partial charge >= 0.3 is 0 Å². The van der Waals surface area contributed by atoms with E-state index in [0.717, 1.165) is 27.7 Å². The van der Waals surface area contributed by atoms with Crippen LogP contribution in [0.3, 0.4) is 0 Å². The molecule has 0 saturated carbocycles. The Bertz CT molecular complexity index is 1190. The molecule has 0 N–H and O–H groups in total. The highest BCUT2D eigenvalue weighted by atomic mass is 32.2. The number of rotatable bonds is 3. The summed E-state index contributed by atoms with van der Waals surface area (Å²) in [5.74, 6) is -0.301. The summed E-state index contributed by atoms with van der Waals surface area (Å²) in [4.78, 5) is 4.98. The molecule has 1 unspecified atom stereocenters. The summed E-state index contributed by atoms with van der Waals surface area (Å²) < 4.78 is 30.9. The molecule has 5 nitrogen and oxygen atoms in total. The van der Waals surface area contributed by atoms with Gasteiger partial charge in [0.05, 0.1) is 30.0 Å². The van der Waals surface area contributed by atoms with Crippen LogP contribution < -0.4 is 0 Å². The fourth-order valence-corrected chi connectivity index (χ4v) is 4.84. The summed E-state index contributed by atoms with van der Waals surface area (Å²) in [5, 5.41) is 5.38. The van der Waals surface area contributed by atoms with Gasteiger partial charge in [0.1, 0.15) is 11.5 Å². The van der Waals surface area contributed by atoms with Crippen molar-refractivity contribution in [3.8, 4) is 11.1 Å². The molecule has 0 amide bonds. The molecule has 2 aromatic carbocycles. The fraction of sp³-hybridized carbons (Fsp3) is 0.143. The summed E-state index contributed by atoms with van der Waals surface area (Å²) >= 11 is -1.30. The van der Waals surface area contributed by atoms with Gasteiger partial charge in [-0.1, -0.05) is 18.2 Å². The third-order valence-electron chi connectivity index (χ3n) is 4.95. The maximum absolute atomic E-state index is 14.8. The molecule has 7 heteroatoms. The summed E-state index contributed by atoms with van der Waals surface area (Å²) in [6, 6.07) is 14.7. The van der Waals surface area contributed by atoms with E-state index in [1.807, 2.05) is 43.6 Å². The van der Waals surface area contributed by atoms with Crippen LogP contribution in [0.15, 0.2) is 65.8 Å². The van der Waals surface area contributed by atoms with E-state index in [1.54, 1.807) is 27.3 Å². The Hall–Kier alpha value is -2.74. The third-order valence-corrected chi connectivity index (χ3v) is 6.42. The van der Waals surface area contributed by atoms with Crippen LogP contribution in [0.5, 0.6) is 0 Å². The predicted octanol–water partition coefficient (Wildman–Crippen LogP) is 3.81. The van der Waals surface area contributed by atoms with Crippen molar-refractivity contribution in [3.05, 3.63) is 78.0 Å². The van der Waals surface area contributed by atoms with E-state index in [0.29, 0.717) is 17.0 Å². The topological polar surface area (TPSA) is 57.0 Å². The SMILES string of the molecule is Cn1cc2cc(-c3ccc(CN4Cc5ncccc5[S+]4[O-])c(F)c3)ccc2n1. The quantitative estimate of drug-likeness (QED) is 0.498. The van der Waals surface area contributed by atoms with Gasteiger partial charge in [-0.2, -0.15) is 5.10 Å². The van der Waals surface area contributed by atoms with Crippen LogP contribution in [0.25, 0.3) is 22.0 Å². The average molecular weight is 392 g/mol. The lowest BCUT2D eigenvalue weighted by Crippen LogP contribution is -2.24.